The molecule has 0 aliphatic rings. The van der Waals surface area contributed by atoms with Crippen LogP contribution < -0.4 is 4.74 Å². The fourth-order valence-corrected chi connectivity index (χ4v) is 1.83. The maximum atomic E-state index is 13.1. The molecule has 2 rings (SSSR count). The van der Waals surface area contributed by atoms with E-state index in [1.165, 1.54) is 18.2 Å². The monoisotopic (exact) mass is 310 g/mol. The molecular formula is C14H12BrFO2. The maximum Gasteiger partial charge on any atom is 0.133 e. The van der Waals surface area contributed by atoms with Gasteiger partial charge in [-0.25, -0.2) is 4.39 Å². The summed E-state index contributed by atoms with van der Waals surface area (Å²) in [7, 11) is 0. The van der Waals surface area contributed by atoms with Crippen molar-refractivity contribution in [1.82, 2.24) is 0 Å². The molecule has 0 fully saturated rings. The second kappa shape index (κ2) is 5.50. The van der Waals surface area contributed by atoms with Crippen molar-refractivity contribution in [2.24, 2.45) is 0 Å². The molecule has 2 nitrogen and oxygen atoms in total. The molecule has 0 amide bonds. The molecule has 4 heteroatoms. The summed E-state index contributed by atoms with van der Waals surface area (Å²) in [6, 6.07) is 11.4. The van der Waals surface area contributed by atoms with Gasteiger partial charge in [0.15, 0.2) is 0 Å². The zero-order chi connectivity index (χ0) is 13.1. The van der Waals surface area contributed by atoms with Crippen molar-refractivity contribution < 1.29 is 14.2 Å². The molecule has 1 atom stereocenters. The van der Waals surface area contributed by atoms with Crippen molar-refractivity contribution in [3.8, 4) is 11.5 Å². The molecule has 0 aliphatic carbocycles. The lowest BCUT2D eigenvalue weighted by Gasteiger charge is -2.13. The Morgan fingerprint density at radius 1 is 1.17 bits per heavy atom. The largest absolute Gasteiger partial charge is 0.457 e. The lowest BCUT2D eigenvalue weighted by atomic mass is 10.1. The molecule has 0 unspecified atom stereocenters. The first kappa shape index (κ1) is 13.1. The molecule has 2 aromatic carbocycles. The minimum atomic E-state index is -0.786. The highest BCUT2D eigenvalue weighted by Gasteiger charge is 2.11. The molecule has 1 N–H and O–H groups in total. The Kier molecular flexibility index (Phi) is 3.99. The van der Waals surface area contributed by atoms with Crippen LogP contribution in [-0.2, 0) is 0 Å². The Bertz CT molecular complexity index is 538. The molecule has 0 saturated carbocycles. The van der Waals surface area contributed by atoms with Crippen LogP contribution in [0.25, 0.3) is 0 Å². The summed E-state index contributed by atoms with van der Waals surface area (Å²) >= 11 is 3.33. The Hall–Kier alpha value is -1.39. The topological polar surface area (TPSA) is 29.5 Å². The summed E-state index contributed by atoms with van der Waals surface area (Å²) in [5, 5.41) is 9.60. The van der Waals surface area contributed by atoms with Gasteiger partial charge in [-0.2, -0.15) is 0 Å². The number of rotatable bonds is 3. The van der Waals surface area contributed by atoms with E-state index in [2.05, 4.69) is 15.9 Å². The SMILES string of the molecule is C[C@@H](O)c1cc(F)ccc1Oc1ccc(Br)cc1. The number of benzene rings is 2. The van der Waals surface area contributed by atoms with Gasteiger partial charge in [0.25, 0.3) is 0 Å². The van der Waals surface area contributed by atoms with E-state index in [4.69, 9.17) is 4.74 Å². The van der Waals surface area contributed by atoms with Crippen molar-refractivity contribution in [2.45, 2.75) is 13.0 Å². The van der Waals surface area contributed by atoms with E-state index < -0.39 is 11.9 Å². The van der Waals surface area contributed by atoms with Crippen LogP contribution in [0.2, 0.25) is 0 Å². The van der Waals surface area contributed by atoms with Crippen molar-refractivity contribution in [2.75, 3.05) is 0 Å². The van der Waals surface area contributed by atoms with Gasteiger partial charge in [0.1, 0.15) is 17.3 Å². The summed E-state index contributed by atoms with van der Waals surface area (Å²) in [4.78, 5) is 0. The average Bonchev–Trinajstić information content (AvgIpc) is 2.34. The number of hydrogen-bond donors (Lipinski definition) is 1. The highest BCUT2D eigenvalue weighted by atomic mass is 79.9. The van der Waals surface area contributed by atoms with E-state index in [1.807, 2.05) is 12.1 Å². The summed E-state index contributed by atoms with van der Waals surface area (Å²) in [6.45, 7) is 1.57. The highest BCUT2D eigenvalue weighted by molar-refractivity contribution is 9.10. The van der Waals surface area contributed by atoms with Gasteiger partial charge in [-0.15, -0.1) is 0 Å². The molecular weight excluding hydrogens is 299 g/mol. The van der Waals surface area contributed by atoms with Crippen molar-refractivity contribution in [1.29, 1.82) is 0 Å². The first-order valence-corrected chi connectivity index (χ1v) is 6.26. The van der Waals surface area contributed by atoms with Crippen LogP contribution in [-0.4, -0.2) is 5.11 Å². The molecule has 0 heterocycles. The molecule has 18 heavy (non-hydrogen) atoms. The maximum absolute atomic E-state index is 13.1. The number of hydrogen-bond acceptors (Lipinski definition) is 2. The van der Waals surface area contributed by atoms with Gasteiger partial charge in [-0.1, -0.05) is 15.9 Å². The highest BCUT2D eigenvalue weighted by Crippen LogP contribution is 2.30. The summed E-state index contributed by atoms with van der Waals surface area (Å²) in [5.74, 6) is 0.689. The Morgan fingerprint density at radius 2 is 1.83 bits per heavy atom. The third kappa shape index (κ3) is 3.09. The van der Waals surface area contributed by atoms with Crippen LogP contribution in [0.3, 0.4) is 0 Å². The molecule has 0 aromatic heterocycles. The van der Waals surface area contributed by atoms with Gasteiger partial charge < -0.3 is 9.84 Å². The van der Waals surface area contributed by atoms with E-state index >= 15 is 0 Å². The van der Waals surface area contributed by atoms with Crippen LogP contribution in [0.5, 0.6) is 11.5 Å². The average molecular weight is 311 g/mol. The quantitative estimate of drug-likeness (QED) is 0.908. The van der Waals surface area contributed by atoms with Crippen molar-refractivity contribution >= 4 is 15.9 Å². The van der Waals surface area contributed by atoms with Crippen LogP contribution in [0.1, 0.15) is 18.6 Å². The van der Waals surface area contributed by atoms with E-state index in [9.17, 15) is 9.50 Å². The first-order valence-electron chi connectivity index (χ1n) is 5.47. The van der Waals surface area contributed by atoms with E-state index in [0.29, 0.717) is 17.1 Å². The number of ether oxygens (including phenoxy) is 1. The van der Waals surface area contributed by atoms with E-state index in [-0.39, 0.29) is 0 Å². The normalized spacial score (nSPS) is 12.2. The zero-order valence-corrected chi connectivity index (χ0v) is 11.3. The third-order valence-electron chi connectivity index (χ3n) is 2.46. The molecule has 94 valence electrons. The third-order valence-corrected chi connectivity index (χ3v) is 2.99. The fraction of sp³-hybridized carbons (Fsp3) is 0.143. The molecule has 0 bridgehead atoms. The van der Waals surface area contributed by atoms with Gasteiger partial charge in [0.05, 0.1) is 6.10 Å². The second-order valence-electron chi connectivity index (χ2n) is 3.91. The van der Waals surface area contributed by atoms with Gasteiger partial charge in [0.2, 0.25) is 0 Å². The molecule has 0 aliphatic heterocycles. The Labute approximate surface area is 113 Å². The molecule has 2 aromatic rings. The Balaban J connectivity index is 2.31. The standard InChI is InChI=1S/C14H12BrFO2/c1-9(17)13-8-11(16)4-7-14(13)18-12-5-2-10(15)3-6-12/h2-9,17H,1H3/t9-/m1/s1. The van der Waals surface area contributed by atoms with Crippen LogP contribution in [0.15, 0.2) is 46.9 Å². The van der Waals surface area contributed by atoms with Gasteiger partial charge >= 0.3 is 0 Å². The zero-order valence-electron chi connectivity index (χ0n) is 9.73. The van der Waals surface area contributed by atoms with Gasteiger partial charge in [0, 0.05) is 10.0 Å². The number of aliphatic hydroxyl groups is 1. The number of halogens is 2. The summed E-state index contributed by atoms with van der Waals surface area (Å²) < 4.78 is 19.7. The molecule has 0 radical (unpaired) electrons. The van der Waals surface area contributed by atoms with Crippen molar-refractivity contribution in [3.63, 3.8) is 0 Å². The minimum Gasteiger partial charge on any atom is -0.457 e. The molecule has 0 spiro atoms. The fourth-order valence-electron chi connectivity index (χ4n) is 1.57. The van der Waals surface area contributed by atoms with Crippen LogP contribution >= 0.6 is 15.9 Å². The van der Waals surface area contributed by atoms with Crippen LogP contribution in [0, 0.1) is 5.82 Å². The number of aliphatic hydroxyl groups excluding tert-OH is 1. The van der Waals surface area contributed by atoms with Gasteiger partial charge in [-0.3, -0.25) is 0 Å². The first-order chi connectivity index (χ1) is 8.56. The van der Waals surface area contributed by atoms with E-state index in [1.54, 1.807) is 19.1 Å². The minimum absolute atomic E-state index is 0.394. The van der Waals surface area contributed by atoms with Crippen molar-refractivity contribution in [3.05, 3.63) is 58.3 Å². The summed E-state index contributed by atoms with van der Waals surface area (Å²) in [5.41, 5.74) is 0.429. The second-order valence-corrected chi connectivity index (χ2v) is 4.83. The molecule has 0 saturated heterocycles. The van der Waals surface area contributed by atoms with Gasteiger partial charge in [-0.05, 0) is 49.4 Å². The smallest absolute Gasteiger partial charge is 0.133 e. The Morgan fingerprint density at radius 3 is 2.44 bits per heavy atom. The predicted molar refractivity (Wildman–Crippen MR) is 71.2 cm³/mol. The van der Waals surface area contributed by atoms with E-state index in [0.717, 1.165) is 4.47 Å². The lowest BCUT2D eigenvalue weighted by Crippen LogP contribution is -1.97. The summed E-state index contributed by atoms with van der Waals surface area (Å²) in [6.07, 6.45) is -0.786. The predicted octanol–water partition coefficient (Wildman–Crippen LogP) is 4.43. The van der Waals surface area contributed by atoms with Crippen LogP contribution in [0.4, 0.5) is 4.39 Å². The lowest BCUT2D eigenvalue weighted by molar-refractivity contribution is 0.195.